The second kappa shape index (κ2) is 12.1. The molecule has 25 heavy (non-hydrogen) atoms. The van der Waals surface area contributed by atoms with Crippen LogP contribution in [-0.2, 0) is 21.3 Å². The Bertz CT molecular complexity index is 667. The molecule has 0 nitrogen and oxygen atoms in total. The summed E-state index contributed by atoms with van der Waals surface area (Å²) in [6, 6.07) is 13.1. The molecule has 0 fully saturated rings. The number of hydrogen-bond donors (Lipinski definition) is 0. The number of rotatable bonds is 2. The van der Waals surface area contributed by atoms with Crippen LogP contribution in [0, 0.1) is 34.6 Å². The first-order valence-electron chi connectivity index (χ1n) is 8.67. The maximum absolute atomic E-state index is 2.45. The van der Waals surface area contributed by atoms with Crippen LogP contribution in [0.25, 0.3) is 10.8 Å². The molecule has 0 spiro atoms. The fraction of sp³-hybridized carbons (Fsp3) is 0.364. The second-order valence-corrected chi connectivity index (χ2v) is 25.4. The van der Waals surface area contributed by atoms with Gasteiger partial charge in [0.05, 0.1) is 0 Å². The number of hydrogen-bond acceptors (Lipinski definition) is 0. The Morgan fingerprint density at radius 3 is 1.92 bits per heavy atom. The van der Waals surface area contributed by atoms with Crippen LogP contribution in [0.15, 0.2) is 36.4 Å². The van der Waals surface area contributed by atoms with Gasteiger partial charge in [0.2, 0.25) is 0 Å². The Hall–Kier alpha value is 0.523. The Kier molecular flexibility index (Phi) is 11.4. The summed E-state index contributed by atoms with van der Waals surface area (Å²) in [5.74, 6) is 0. The number of aryl methyl sites for hydroxylation is 1. The summed E-state index contributed by atoms with van der Waals surface area (Å²) in [5.41, 5.74) is 8.81. The predicted molar refractivity (Wildman–Crippen MR) is 127 cm³/mol. The van der Waals surface area contributed by atoms with Gasteiger partial charge in [-0.25, -0.2) is 0 Å². The minimum atomic E-state index is 0.170. The van der Waals surface area contributed by atoms with Crippen LogP contribution in [0.5, 0.6) is 0 Å². The van der Waals surface area contributed by atoms with Crippen molar-refractivity contribution in [1.29, 1.82) is 0 Å². The topological polar surface area (TPSA) is 0 Å². The van der Waals surface area contributed by atoms with Gasteiger partial charge in [0.25, 0.3) is 0 Å². The van der Waals surface area contributed by atoms with Crippen molar-refractivity contribution in [1.82, 2.24) is 0 Å². The van der Waals surface area contributed by atoms with Crippen LogP contribution in [-0.4, -0.2) is 0 Å². The normalized spacial score (nSPS) is 9.76. The van der Waals surface area contributed by atoms with E-state index in [1.165, 1.54) is 57.0 Å². The maximum atomic E-state index is 2.45. The Morgan fingerprint density at radius 1 is 1.00 bits per heavy atom. The van der Waals surface area contributed by atoms with Crippen molar-refractivity contribution in [3.8, 4) is 0 Å². The van der Waals surface area contributed by atoms with Gasteiger partial charge in [-0.3, -0.25) is 0 Å². The summed E-state index contributed by atoms with van der Waals surface area (Å²) in [6.07, 6.45) is 2.44. The summed E-state index contributed by atoms with van der Waals surface area (Å²) in [5, 5.41) is 2.75. The van der Waals surface area contributed by atoms with E-state index in [4.69, 9.17) is 0 Å². The van der Waals surface area contributed by atoms with Gasteiger partial charge in [-0.1, -0.05) is 54.0 Å². The average molecular weight is 637 g/mol. The number of fused-ring (bicyclic) bond motifs is 1. The van der Waals surface area contributed by atoms with E-state index in [0.717, 1.165) is 0 Å². The third-order valence-electron chi connectivity index (χ3n) is 5.03. The van der Waals surface area contributed by atoms with Gasteiger partial charge in [0.15, 0.2) is 0 Å². The van der Waals surface area contributed by atoms with E-state index < -0.39 is 0 Å². The third kappa shape index (κ3) is 6.88. The SMILES string of the molecule is CCCc1cc2ccccc2[cH-]1.Cc1c(C)c(C)[c-](C)c1C.[I][Zr+2][I]. The molecule has 3 heteroatoms. The molecule has 134 valence electrons. The van der Waals surface area contributed by atoms with Gasteiger partial charge in [-0.15, -0.1) is 40.6 Å². The van der Waals surface area contributed by atoms with Crippen molar-refractivity contribution in [3.05, 3.63) is 69.8 Å². The molecule has 0 saturated carbocycles. The first-order chi connectivity index (χ1) is 11.9. The monoisotopic (exact) mass is 636 g/mol. The van der Waals surface area contributed by atoms with E-state index in [9.17, 15) is 0 Å². The summed E-state index contributed by atoms with van der Waals surface area (Å²) in [7, 11) is 0. The van der Waals surface area contributed by atoms with Gasteiger partial charge in [0, 0.05) is 0 Å². The van der Waals surface area contributed by atoms with Crippen LogP contribution >= 0.6 is 36.1 Å². The predicted octanol–water partition coefficient (Wildman–Crippen LogP) is 8.23. The molecule has 0 aliphatic rings. The molecule has 0 N–H and O–H groups in total. The van der Waals surface area contributed by atoms with Crippen molar-refractivity contribution in [2.24, 2.45) is 0 Å². The standard InChI is InChI=1S/C12H13.C10H15.2HI.Zr/c1-2-5-10-8-11-6-3-4-7-12(11)9-10;1-6-7(2)9(4)10(5)8(6)3;;;/h3-4,6-9H,2,5H2,1H3;1-5H3;2*1H;/q2*-1;;;+4/p-2. The summed E-state index contributed by atoms with van der Waals surface area (Å²) < 4.78 is 0. The zero-order valence-corrected chi connectivity index (χ0v) is 22.9. The first-order valence-corrected chi connectivity index (χ1v) is 23.3. The molecule has 0 unspecified atom stereocenters. The zero-order chi connectivity index (χ0) is 19.0. The van der Waals surface area contributed by atoms with E-state index in [2.05, 4.69) is 114 Å². The van der Waals surface area contributed by atoms with Crippen LogP contribution in [0.1, 0.15) is 46.7 Å². The van der Waals surface area contributed by atoms with Crippen LogP contribution < -0.4 is 0 Å². The molecular weight excluding hydrogens is 609 g/mol. The van der Waals surface area contributed by atoms with Crippen molar-refractivity contribution in [3.63, 3.8) is 0 Å². The molecule has 0 aliphatic heterocycles. The third-order valence-corrected chi connectivity index (χ3v) is 5.03. The van der Waals surface area contributed by atoms with Crippen LogP contribution in [0.2, 0.25) is 0 Å². The first kappa shape index (κ1) is 23.6. The molecule has 3 rings (SSSR count). The van der Waals surface area contributed by atoms with Crippen LogP contribution in [0.3, 0.4) is 0 Å². The molecule has 0 atom stereocenters. The van der Waals surface area contributed by atoms with E-state index in [1.807, 2.05) is 0 Å². The zero-order valence-electron chi connectivity index (χ0n) is 16.1. The molecule has 0 aliphatic carbocycles. The van der Waals surface area contributed by atoms with Crippen LogP contribution in [0.4, 0.5) is 0 Å². The number of halogens is 2. The molecule has 3 aromatic carbocycles. The van der Waals surface area contributed by atoms with E-state index in [-0.39, 0.29) is 14.9 Å². The molecule has 3 aromatic rings. The molecule has 0 saturated heterocycles. The van der Waals surface area contributed by atoms with Gasteiger partial charge in [-0.05, 0) is 6.42 Å². The Morgan fingerprint density at radius 2 is 1.52 bits per heavy atom. The van der Waals surface area contributed by atoms with Gasteiger partial charge >= 0.3 is 50.9 Å². The minimum absolute atomic E-state index is 0.170. The van der Waals surface area contributed by atoms with Gasteiger partial charge in [0.1, 0.15) is 0 Å². The molecule has 0 bridgehead atoms. The fourth-order valence-electron chi connectivity index (χ4n) is 3.05. The molecule has 0 aromatic heterocycles. The van der Waals surface area contributed by atoms with Gasteiger partial charge < -0.3 is 0 Å². The van der Waals surface area contributed by atoms with Crippen molar-refractivity contribution >= 4 is 46.9 Å². The van der Waals surface area contributed by atoms with E-state index >= 15 is 0 Å². The molecule has 0 radical (unpaired) electrons. The van der Waals surface area contributed by atoms with E-state index in [1.54, 1.807) is 0 Å². The van der Waals surface area contributed by atoms with Gasteiger partial charge in [-0.2, -0.15) is 33.9 Å². The second-order valence-electron chi connectivity index (χ2n) is 6.44. The van der Waals surface area contributed by atoms with E-state index in [0.29, 0.717) is 0 Å². The average Bonchev–Trinajstić information content (AvgIpc) is 3.08. The fourth-order valence-corrected chi connectivity index (χ4v) is 3.05. The Balaban J connectivity index is 0.000000220. The van der Waals surface area contributed by atoms with Crippen molar-refractivity contribution in [2.75, 3.05) is 0 Å². The van der Waals surface area contributed by atoms with Crippen molar-refractivity contribution < 1.29 is 14.9 Å². The van der Waals surface area contributed by atoms with Crippen molar-refractivity contribution in [2.45, 2.75) is 54.4 Å². The molecule has 0 heterocycles. The summed E-state index contributed by atoms with van der Waals surface area (Å²) in [4.78, 5) is 0. The molecular formula is C22H28I2Zr. The molecule has 0 amide bonds. The quantitative estimate of drug-likeness (QED) is 0.196. The summed E-state index contributed by atoms with van der Waals surface area (Å²) >= 11 is 5.06. The summed E-state index contributed by atoms with van der Waals surface area (Å²) in [6.45, 7) is 13.2. The Labute approximate surface area is 183 Å². The number of benzene rings is 1.